The zero-order valence-corrected chi connectivity index (χ0v) is 11.9. The molecule has 1 heterocycles. The van der Waals surface area contributed by atoms with Gasteiger partial charge in [-0.05, 0) is 6.07 Å². The molecule has 112 valence electrons. The lowest BCUT2D eigenvalue weighted by Crippen LogP contribution is -2.24. The third kappa shape index (κ3) is 3.25. The largest absolute Gasteiger partial charge is 0.496 e. The summed E-state index contributed by atoms with van der Waals surface area (Å²) in [6, 6.07) is 2.55. The molecule has 21 heavy (non-hydrogen) atoms. The number of methoxy groups -OCH3 is 1. The molecule has 1 fully saturated rings. The number of carbonyl (C=O) groups excluding carboxylic acids is 2. The van der Waals surface area contributed by atoms with Crippen LogP contribution in [-0.2, 0) is 9.59 Å². The van der Waals surface area contributed by atoms with Gasteiger partial charge in [0.2, 0.25) is 11.8 Å². The number of amides is 2. The third-order valence-electron chi connectivity index (χ3n) is 3.13. The third-order valence-corrected chi connectivity index (χ3v) is 3.44. The fourth-order valence-corrected chi connectivity index (χ4v) is 2.22. The molecule has 1 aromatic carbocycles. The molecule has 3 N–H and O–H groups in total. The van der Waals surface area contributed by atoms with E-state index in [1.807, 2.05) is 0 Å². The molecule has 1 aromatic rings. The molecule has 1 atom stereocenters. The van der Waals surface area contributed by atoms with E-state index in [1.165, 1.54) is 19.2 Å². The van der Waals surface area contributed by atoms with Crippen LogP contribution in [-0.4, -0.2) is 36.5 Å². The van der Waals surface area contributed by atoms with Gasteiger partial charge in [-0.3, -0.25) is 9.59 Å². The SMILES string of the molecule is COc1cc(NC(=O)C2CNC(=O)C2)c(Cl)cc1C(=O)O. The van der Waals surface area contributed by atoms with Gasteiger partial charge in [0.05, 0.1) is 23.7 Å². The second-order valence-electron chi connectivity index (χ2n) is 4.53. The van der Waals surface area contributed by atoms with E-state index in [0.29, 0.717) is 0 Å². The average Bonchev–Trinajstić information content (AvgIpc) is 2.87. The van der Waals surface area contributed by atoms with Gasteiger partial charge in [0.1, 0.15) is 11.3 Å². The molecule has 0 aliphatic carbocycles. The van der Waals surface area contributed by atoms with Crippen LogP contribution < -0.4 is 15.4 Å². The molecule has 0 bridgehead atoms. The number of aromatic carboxylic acids is 1. The van der Waals surface area contributed by atoms with Gasteiger partial charge in [-0.2, -0.15) is 0 Å². The molecule has 1 aliphatic rings. The van der Waals surface area contributed by atoms with Gasteiger partial charge in [0.25, 0.3) is 0 Å². The fourth-order valence-electron chi connectivity index (χ4n) is 2.01. The number of benzene rings is 1. The monoisotopic (exact) mass is 312 g/mol. The first-order valence-electron chi connectivity index (χ1n) is 6.10. The highest BCUT2D eigenvalue weighted by Gasteiger charge is 2.28. The maximum atomic E-state index is 12.0. The summed E-state index contributed by atoms with van der Waals surface area (Å²) in [7, 11) is 1.32. The van der Waals surface area contributed by atoms with Crippen LogP contribution in [0.4, 0.5) is 5.69 Å². The second kappa shape index (κ2) is 6.01. The molecular formula is C13H13ClN2O5. The Labute approximate surface area is 125 Å². The van der Waals surface area contributed by atoms with Crippen molar-refractivity contribution in [2.24, 2.45) is 5.92 Å². The summed E-state index contributed by atoms with van der Waals surface area (Å²) in [5, 5.41) is 14.2. The Hall–Kier alpha value is -2.28. The molecule has 2 rings (SSSR count). The molecule has 0 saturated carbocycles. The van der Waals surface area contributed by atoms with Crippen LogP contribution in [0.25, 0.3) is 0 Å². The van der Waals surface area contributed by atoms with Gasteiger partial charge < -0.3 is 20.5 Å². The number of halogens is 1. The number of rotatable bonds is 4. The van der Waals surface area contributed by atoms with E-state index in [0.717, 1.165) is 0 Å². The van der Waals surface area contributed by atoms with Gasteiger partial charge in [-0.1, -0.05) is 11.6 Å². The highest BCUT2D eigenvalue weighted by molar-refractivity contribution is 6.34. The Morgan fingerprint density at radius 1 is 1.48 bits per heavy atom. The number of hydrogen-bond acceptors (Lipinski definition) is 4. The molecule has 0 radical (unpaired) electrons. The predicted octanol–water partition coefficient (Wildman–Crippen LogP) is 1.12. The van der Waals surface area contributed by atoms with Crippen LogP contribution in [0.3, 0.4) is 0 Å². The Bertz CT molecular complexity index is 617. The number of ether oxygens (including phenoxy) is 1. The molecular weight excluding hydrogens is 300 g/mol. The van der Waals surface area contributed by atoms with Crippen molar-refractivity contribution in [1.82, 2.24) is 5.32 Å². The van der Waals surface area contributed by atoms with E-state index < -0.39 is 11.9 Å². The lowest BCUT2D eigenvalue weighted by atomic mass is 10.1. The van der Waals surface area contributed by atoms with E-state index in [1.54, 1.807) is 0 Å². The van der Waals surface area contributed by atoms with Crippen molar-refractivity contribution >= 4 is 35.1 Å². The number of nitrogens with one attached hydrogen (secondary N) is 2. The zero-order valence-electron chi connectivity index (χ0n) is 11.1. The summed E-state index contributed by atoms with van der Waals surface area (Å²) < 4.78 is 4.97. The van der Waals surface area contributed by atoms with Gasteiger partial charge in [-0.15, -0.1) is 0 Å². The van der Waals surface area contributed by atoms with Crippen molar-refractivity contribution in [2.45, 2.75) is 6.42 Å². The molecule has 2 amide bonds. The minimum atomic E-state index is -1.18. The number of carboxylic acid groups (broad SMARTS) is 1. The summed E-state index contributed by atoms with van der Waals surface area (Å²) in [5.74, 6) is -2.11. The smallest absolute Gasteiger partial charge is 0.339 e. The van der Waals surface area contributed by atoms with Crippen LogP contribution >= 0.6 is 11.6 Å². The number of carboxylic acids is 1. The highest BCUT2D eigenvalue weighted by Crippen LogP contribution is 2.31. The van der Waals surface area contributed by atoms with Crippen molar-refractivity contribution in [1.29, 1.82) is 0 Å². The summed E-state index contributed by atoms with van der Waals surface area (Å²) in [6.45, 7) is 0.270. The number of hydrogen-bond donors (Lipinski definition) is 3. The van der Waals surface area contributed by atoms with Gasteiger partial charge in [0.15, 0.2) is 0 Å². The predicted molar refractivity (Wildman–Crippen MR) is 74.7 cm³/mol. The van der Waals surface area contributed by atoms with Crippen molar-refractivity contribution in [2.75, 3.05) is 19.0 Å². The Kier molecular flexibility index (Phi) is 4.32. The van der Waals surface area contributed by atoms with Crippen molar-refractivity contribution in [3.8, 4) is 5.75 Å². The van der Waals surface area contributed by atoms with Crippen LogP contribution in [0.15, 0.2) is 12.1 Å². The average molecular weight is 313 g/mol. The minimum Gasteiger partial charge on any atom is -0.496 e. The van der Waals surface area contributed by atoms with E-state index >= 15 is 0 Å². The van der Waals surface area contributed by atoms with E-state index in [9.17, 15) is 14.4 Å². The summed E-state index contributed by atoms with van der Waals surface area (Å²) >= 11 is 5.97. The first-order chi connectivity index (χ1) is 9.92. The molecule has 1 unspecified atom stereocenters. The van der Waals surface area contributed by atoms with E-state index in [-0.39, 0.29) is 46.8 Å². The van der Waals surface area contributed by atoms with Gasteiger partial charge in [0, 0.05) is 19.0 Å². The van der Waals surface area contributed by atoms with Crippen molar-refractivity contribution < 1.29 is 24.2 Å². The van der Waals surface area contributed by atoms with E-state index in [4.69, 9.17) is 21.4 Å². The normalized spacial score (nSPS) is 17.2. The Balaban J connectivity index is 2.22. The lowest BCUT2D eigenvalue weighted by molar-refractivity contribution is -0.123. The maximum Gasteiger partial charge on any atom is 0.339 e. The zero-order chi connectivity index (χ0) is 15.6. The minimum absolute atomic E-state index is 0.0823. The number of carbonyl (C=O) groups is 3. The second-order valence-corrected chi connectivity index (χ2v) is 4.94. The van der Waals surface area contributed by atoms with Crippen LogP contribution in [0.5, 0.6) is 5.75 Å². The summed E-state index contributed by atoms with van der Waals surface area (Å²) in [6.07, 6.45) is 0.119. The summed E-state index contributed by atoms with van der Waals surface area (Å²) in [4.78, 5) is 34.1. The molecule has 1 aliphatic heterocycles. The summed E-state index contributed by atoms with van der Waals surface area (Å²) in [5.41, 5.74) is 0.140. The fraction of sp³-hybridized carbons (Fsp3) is 0.308. The van der Waals surface area contributed by atoms with Crippen LogP contribution in [0, 0.1) is 5.92 Å². The molecule has 1 saturated heterocycles. The number of anilines is 1. The maximum absolute atomic E-state index is 12.0. The standard InChI is InChI=1S/C13H13ClN2O5/c1-21-10-4-9(8(14)3-7(10)13(19)20)16-12(18)6-2-11(17)15-5-6/h3-4,6H,2,5H2,1H3,(H,15,17)(H,16,18)(H,19,20). The molecule has 0 spiro atoms. The highest BCUT2D eigenvalue weighted by atomic mass is 35.5. The van der Waals surface area contributed by atoms with Crippen molar-refractivity contribution in [3.05, 3.63) is 22.7 Å². The van der Waals surface area contributed by atoms with Crippen LogP contribution in [0.2, 0.25) is 5.02 Å². The molecule has 7 nitrogen and oxygen atoms in total. The first-order valence-corrected chi connectivity index (χ1v) is 6.48. The quantitative estimate of drug-likeness (QED) is 0.773. The Morgan fingerprint density at radius 2 is 2.19 bits per heavy atom. The first kappa shape index (κ1) is 15.1. The van der Waals surface area contributed by atoms with E-state index in [2.05, 4.69) is 10.6 Å². The molecule has 8 heteroatoms. The topological polar surface area (TPSA) is 105 Å². The van der Waals surface area contributed by atoms with Gasteiger partial charge >= 0.3 is 5.97 Å². The lowest BCUT2D eigenvalue weighted by Gasteiger charge is -2.13. The van der Waals surface area contributed by atoms with Crippen LogP contribution in [0.1, 0.15) is 16.8 Å². The Morgan fingerprint density at radius 3 is 2.71 bits per heavy atom. The van der Waals surface area contributed by atoms with Gasteiger partial charge in [-0.25, -0.2) is 4.79 Å². The molecule has 0 aromatic heterocycles. The van der Waals surface area contributed by atoms with Crippen molar-refractivity contribution in [3.63, 3.8) is 0 Å².